The second-order valence-corrected chi connectivity index (χ2v) is 12.1. The predicted molar refractivity (Wildman–Crippen MR) is 193 cm³/mol. The first-order valence-electron chi connectivity index (χ1n) is 14.8. The molecule has 0 saturated carbocycles. The predicted octanol–water partition coefficient (Wildman–Crippen LogP) is 12.2. The van der Waals surface area contributed by atoms with Crippen LogP contribution >= 0.6 is 11.3 Å². The average Bonchev–Trinajstić information content (AvgIpc) is 3.47. The van der Waals surface area contributed by atoms with Gasteiger partial charge in [0.25, 0.3) is 0 Å². The Labute approximate surface area is 260 Å². The maximum Gasteiger partial charge on any atom is 0.0974 e. The molecule has 3 heteroatoms. The maximum absolute atomic E-state index is 5.22. The van der Waals surface area contributed by atoms with Crippen LogP contribution in [0.2, 0.25) is 0 Å². The van der Waals surface area contributed by atoms with Crippen LogP contribution in [0.1, 0.15) is 12.5 Å². The van der Waals surface area contributed by atoms with Crippen LogP contribution in [-0.2, 0) is 0 Å². The fourth-order valence-electron chi connectivity index (χ4n) is 6.37. The summed E-state index contributed by atoms with van der Waals surface area (Å²) in [6, 6.07) is 49.7. The molecule has 0 spiro atoms. The fourth-order valence-corrected chi connectivity index (χ4v) is 7.61. The summed E-state index contributed by atoms with van der Waals surface area (Å²) in [6.45, 7) is 6.01. The molecule has 0 aliphatic rings. The lowest BCUT2D eigenvalue weighted by Gasteiger charge is -2.13. The number of benzene rings is 7. The van der Waals surface area contributed by atoms with Gasteiger partial charge >= 0.3 is 0 Å². The van der Waals surface area contributed by atoms with Crippen molar-refractivity contribution in [1.29, 1.82) is 0 Å². The summed E-state index contributed by atoms with van der Waals surface area (Å²) in [6.07, 6.45) is 0. The summed E-state index contributed by atoms with van der Waals surface area (Å²) in [5, 5.41) is 7.11. The van der Waals surface area contributed by atoms with Gasteiger partial charge in [-0.1, -0.05) is 121 Å². The molecule has 8 aromatic rings. The monoisotopic (exact) mass is 580 g/mol. The van der Waals surface area contributed by atoms with E-state index in [1.165, 1.54) is 42.2 Å². The minimum Gasteiger partial charge on any atom is -0.262 e. The molecule has 0 radical (unpaired) electrons. The smallest absolute Gasteiger partial charge is 0.0974 e. The molecule has 208 valence electrons. The molecular weight excluding hydrogens is 553 g/mol. The van der Waals surface area contributed by atoms with Crippen LogP contribution in [0.25, 0.3) is 64.0 Å². The minimum atomic E-state index is 0.818. The van der Waals surface area contributed by atoms with Gasteiger partial charge in [0.15, 0.2) is 0 Å². The molecule has 0 aliphatic heterocycles. The van der Waals surface area contributed by atoms with E-state index in [4.69, 9.17) is 4.99 Å². The van der Waals surface area contributed by atoms with Crippen molar-refractivity contribution in [3.8, 4) is 22.3 Å². The van der Waals surface area contributed by atoms with Crippen molar-refractivity contribution in [2.24, 2.45) is 9.98 Å². The lowest BCUT2D eigenvalue weighted by atomic mass is 9.96. The van der Waals surface area contributed by atoms with E-state index in [9.17, 15) is 0 Å². The molecule has 0 aliphatic carbocycles. The van der Waals surface area contributed by atoms with Crippen LogP contribution in [-0.4, -0.2) is 12.4 Å². The van der Waals surface area contributed by atoms with E-state index in [1.54, 1.807) is 0 Å². The molecule has 0 amide bonds. The molecular formula is C41H28N2S. The zero-order valence-electron chi connectivity index (χ0n) is 24.3. The van der Waals surface area contributed by atoms with E-state index >= 15 is 0 Å². The number of hydrogen-bond donors (Lipinski definition) is 0. The van der Waals surface area contributed by atoms with Crippen LogP contribution in [0.5, 0.6) is 0 Å². The Hall–Kier alpha value is -5.38. The average molecular weight is 581 g/mol. The maximum atomic E-state index is 5.22. The highest BCUT2D eigenvalue weighted by Crippen LogP contribution is 2.44. The normalized spacial score (nSPS) is 12.0. The van der Waals surface area contributed by atoms with Gasteiger partial charge in [-0.15, -0.1) is 11.3 Å². The molecule has 1 aromatic heterocycles. The second-order valence-electron chi connectivity index (χ2n) is 11.1. The minimum absolute atomic E-state index is 0.818. The molecule has 0 atom stereocenters. The zero-order chi connectivity index (χ0) is 29.6. The van der Waals surface area contributed by atoms with E-state index < -0.39 is 0 Å². The summed E-state index contributed by atoms with van der Waals surface area (Å²) in [4.78, 5) is 9.70. The highest BCUT2D eigenvalue weighted by molar-refractivity contribution is 7.26. The Bertz CT molecular complexity index is 2430. The quantitative estimate of drug-likeness (QED) is 0.143. The third-order valence-corrected chi connectivity index (χ3v) is 9.73. The van der Waals surface area contributed by atoms with Crippen LogP contribution < -0.4 is 0 Å². The molecule has 1 heterocycles. The van der Waals surface area contributed by atoms with Crippen LogP contribution in [0, 0.1) is 0 Å². The third-order valence-electron chi connectivity index (χ3n) is 8.51. The summed E-state index contributed by atoms with van der Waals surface area (Å²) in [5.41, 5.74) is 8.52. The first-order valence-corrected chi connectivity index (χ1v) is 15.6. The molecule has 0 bridgehead atoms. The number of fused-ring (bicyclic) bond motifs is 6. The summed E-state index contributed by atoms with van der Waals surface area (Å²) in [7, 11) is 0. The van der Waals surface area contributed by atoms with Gasteiger partial charge in [0.05, 0.1) is 11.4 Å². The number of thiophene rings is 1. The number of aliphatic imine (C=N–C) groups is 2. The standard InChI is InChI=1S/C41H28N2S/c1-26(43-40-36-20-6-4-17-33(36)32-16-3-5-19-35(32)39(40)42-2)27-12-9-13-28(24-27)29-14-10-15-30(25-29)31-21-11-22-37-34-18-7-8-23-38(34)44-41(31)37/h3-25H,2H2,1H3/b43-26+. The highest BCUT2D eigenvalue weighted by Gasteiger charge is 2.14. The SMILES string of the molecule is C=Nc1c(/N=C(\C)c2cccc(-c3cccc(-c4cccc5c4sc4ccccc45)c3)c2)c2ccccc2c2ccccc12. The van der Waals surface area contributed by atoms with Gasteiger partial charge in [-0.3, -0.25) is 9.98 Å². The molecule has 0 unspecified atom stereocenters. The van der Waals surface area contributed by atoms with Crippen molar-refractivity contribution < 1.29 is 0 Å². The molecule has 8 rings (SSSR count). The second kappa shape index (κ2) is 10.7. The molecule has 0 N–H and O–H groups in total. The Balaban J connectivity index is 1.22. The molecule has 44 heavy (non-hydrogen) atoms. The van der Waals surface area contributed by atoms with Crippen molar-refractivity contribution in [3.63, 3.8) is 0 Å². The molecule has 0 saturated heterocycles. The lowest BCUT2D eigenvalue weighted by molar-refractivity contribution is 1.47. The topological polar surface area (TPSA) is 24.7 Å². The Morgan fingerprint density at radius 2 is 1.09 bits per heavy atom. The zero-order valence-corrected chi connectivity index (χ0v) is 25.1. The van der Waals surface area contributed by atoms with Gasteiger partial charge in [-0.25, -0.2) is 0 Å². The van der Waals surface area contributed by atoms with Crippen molar-refractivity contribution in [2.75, 3.05) is 0 Å². The number of hydrogen-bond acceptors (Lipinski definition) is 3. The fraction of sp³-hybridized carbons (Fsp3) is 0.0244. The Morgan fingerprint density at radius 1 is 0.523 bits per heavy atom. The molecule has 2 nitrogen and oxygen atoms in total. The van der Waals surface area contributed by atoms with E-state index in [2.05, 4.69) is 152 Å². The van der Waals surface area contributed by atoms with Gasteiger partial charge in [-0.05, 0) is 70.4 Å². The van der Waals surface area contributed by atoms with Gasteiger partial charge in [0.2, 0.25) is 0 Å². The van der Waals surface area contributed by atoms with Gasteiger partial charge in [0.1, 0.15) is 0 Å². The van der Waals surface area contributed by atoms with Gasteiger partial charge in [-0.2, -0.15) is 0 Å². The number of rotatable bonds is 5. The van der Waals surface area contributed by atoms with Crippen LogP contribution in [0.3, 0.4) is 0 Å². The van der Waals surface area contributed by atoms with Crippen LogP contribution in [0.15, 0.2) is 150 Å². The van der Waals surface area contributed by atoms with Crippen molar-refractivity contribution >= 4 is 76.9 Å². The summed E-state index contributed by atoms with van der Waals surface area (Å²) >= 11 is 1.87. The Morgan fingerprint density at radius 3 is 1.84 bits per heavy atom. The first kappa shape index (κ1) is 26.3. The van der Waals surface area contributed by atoms with Crippen molar-refractivity contribution in [3.05, 3.63) is 145 Å². The molecule has 7 aromatic carbocycles. The molecule has 0 fully saturated rings. The van der Waals surface area contributed by atoms with E-state index in [0.717, 1.165) is 44.4 Å². The van der Waals surface area contributed by atoms with E-state index in [1.807, 2.05) is 17.4 Å². The van der Waals surface area contributed by atoms with Gasteiger partial charge < -0.3 is 0 Å². The summed E-state index contributed by atoms with van der Waals surface area (Å²) < 4.78 is 2.65. The van der Waals surface area contributed by atoms with Gasteiger partial charge in [0, 0.05) is 36.7 Å². The summed E-state index contributed by atoms with van der Waals surface area (Å²) in [5.74, 6) is 0. The van der Waals surface area contributed by atoms with Crippen molar-refractivity contribution in [1.82, 2.24) is 0 Å². The van der Waals surface area contributed by atoms with Crippen molar-refractivity contribution in [2.45, 2.75) is 6.92 Å². The first-order chi connectivity index (χ1) is 21.7. The number of nitrogens with zero attached hydrogens (tertiary/aromatic N) is 2. The van der Waals surface area contributed by atoms with E-state index in [0.29, 0.717) is 0 Å². The Kier molecular flexibility index (Phi) is 6.40. The van der Waals surface area contributed by atoms with E-state index in [-0.39, 0.29) is 0 Å². The lowest BCUT2D eigenvalue weighted by Crippen LogP contribution is -1.95. The largest absolute Gasteiger partial charge is 0.262 e. The highest BCUT2D eigenvalue weighted by atomic mass is 32.1. The van der Waals surface area contributed by atoms with Crippen LogP contribution in [0.4, 0.5) is 11.4 Å². The third kappa shape index (κ3) is 4.33.